The third-order valence-corrected chi connectivity index (χ3v) is 5.55. The fourth-order valence-corrected chi connectivity index (χ4v) is 4.59. The van der Waals surface area contributed by atoms with Gasteiger partial charge in [-0.2, -0.15) is 0 Å². The smallest absolute Gasteiger partial charge is 0.0456 e. The molecule has 1 N–H and O–H groups in total. The lowest BCUT2D eigenvalue weighted by atomic mass is 10.1. The first-order valence-electron chi connectivity index (χ1n) is 7.20. The first kappa shape index (κ1) is 14.2. The van der Waals surface area contributed by atoms with Crippen molar-refractivity contribution in [2.24, 2.45) is 0 Å². The number of hydrogen-bond donors (Lipinski definition) is 1. The summed E-state index contributed by atoms with van der Waals surface area (Å²) < 4.78 is 1.05. The second-order valence-electron chi connectivity index (χ2n) is 5.28. The van der Waals surface area contributed by atoms with Crippen LogP contribution in [-0.2, 0) is 19.3 Å². The van der Waals surface area contributed by atoms with E-state index >= 15 is 0 Å². The number of halogens is 1. The monoisotopic (exact) mass is 350 g/mol. The zero-order valence-corrected chi connectivity index (χ0v) is 14.1. The Morgan fingerprint density at radius 3 is 3.00 bits per heavy atom. The summed E-state index contributed by atoms with van der Waals surface area (Å²) in [7, 11) is 0. The van der Waals surface area contributed by atoms with Crippen molar-refractivity contribution in [2.45, 2.75) is 38.6 Å². The van der Waals surface area contributed by atoms with Crippen LogP contribution in [0.4, 0.5) is 0 Å². The quantitative estimate of drug-likeness (QED) is 0.869. The van der Waals surface area contributed by atoms with Crippen molar-refractivity contribution in [2.75, 3.05) is 6.54 Å². The number of hydrogen-bond acceptors (Lipinski definition) is 3. The van der Waals surface area contributed by atoms with E-state index in [1.807, 2.05) is 23.7 Å². The van der Waals surface area contributed by atoms with Crippen molar-refractivity contribution in [1.82, 2.24) is 10.3 Å². The van der Waals surface area contributed by atoms with Crippen LogP contribution in [0.15, 0.2) is 29.0 Å². The molecule has 1 unspecified atom stereocenters. The molecule has 0 aliphatic heterocycles. The van der Waals surface area contributed by atoms with E-state index in [0.29, 0.717) is 6.04 Å². The topological polar surface area (TPSA) is 24.9 Å². The van der Waals surface area contributed by atoms with E-state index in [0.717, 1.165) is 17.4 Å². The minimum atomic E-state index is 0.409. The Balaban J connectivity index is 1.81. The third-order valence-electron chi connectivity index (χ3n) is 3.76. The zero-order valence-electron chi connectivity index (χ0n) is 11.7. The molecular formula is C16H19BrN2S. The van der Waals surface area contributed by atoms with Crippen LogP contribution in [0.5, 0.6) is 0 Å². The number of thiophene rings is 1. The molecule has 0 spiro atoms. The van der Waals surface area contributed by atoms with Crippen molar-refractivity contribution in [3.05, 3.63) is 49.9 Å². The molecule has 0 saturated heterocycles. The van der Waals surface area contributed by atoms with Crippen LogP contribution < -0.4 is 5.32 Å². The van der Waals surface area contributed by atoms with Crippen molar-refractivity contribution < 1.29 is 0 Å². The van der Waals surface area contributed by atoms with E-state index in [-0.39, 0.29) is 0 Å². The highest BCUT2D eigenvalue weighted by molar-refractivity contribution is 9.10. The van der Waals surface area contributed by atoms with Gasteiger partial charge < -0.3 is 5.32 Å². The molecule has 2 nitrogen and oxygen atoms in total. The summed E-state index contributed by atoms with van der Waals surface area (Å²) in [6, 6.07) is 5.00. The predicted molar refractivity (Wildman–Crippen MR) is 88.4 cm³/mol. The molecule has 20 heavy (non-hydrogen) atoms. The number of nitrogens with zero attached hydrogens (tertiary/aromatic N) is 1. The average molecular weight is 351 g/mol. The van der Waals surface area contributed by atoms with Crippen molar-refractivity contribution in [3.8, 4) is 0 Å². The normalized spacial score (nSPS) is 15.3. The van der Waals surface area contributed by atoms with Gasteiger partial charge in [0.15, 0.2) is 0 Å². The molecule has 1 aliphatic carbocycles. The van der Waals surface area contributed by atoms with Crippen LogP contribution >= 0.6 is 27.3 Å². The van der Waals surface area contributed by atoms with E-state index in [2.05, 4.69) is 45.3 Å². The molecule has 3 rings (SSSR count). The number of aryl methyl sites for hydroxylation is 2. The largest absolute Gasteiger partial charge is 0.309 e. The van der Waals surface area contributed by atoms with Gasteiger partial charge >= 0.3 is 0 Å². The summed E-state index contributed by atoms with van der Waals surface area (Å²) in [6.45, 7) is 3.17. The molecule has 2 aromatic heterocycles. The molecule has 0 fully saturated rings. The van der Waals surface area contributed by atoms with E-state index in [4.69, 9.17) is 0 Å². The SMILES string of the molecule is CCNC(Cc1cncc(Br)c1)c1cc2c(s1)CCC2. The third kappa shape index (κ3) is 3.13. The van der Waals surface area contributed by atoms with Crippen LogP contribution in [0, 0.1) is 0 Å². The summed E-state index contributed by atoms with van der Waals surface area (Å²) in [5.74, 6) is 0. The molecule has 106 valence electrons. The maximum atomic E-state index is 4.27. The fraction of sp³-hybridized carbons (Fsp3) is 0.438. The maximum absolute atomic E-state index is 4.27. The first-order chi connectivity index (χ1) is 9.76. The molecule has 0 bridgehead atoms. The maximum Gasteiger partial charge on any atom is 0.0456 e. The molecule has 2 aromatic rings. The fourth-order valence-electron chi connectivity index (χ4n) is 2.85. The lowest BCUT2D eigenvalue weighted by Gasteiger charge is -2.16. The second-order valence-corrected chi connectivity index (χ2v) is 7.36. The Morgan fingerprint density at radius 1 is 1.35 bits per heavy atom. The van der Waals surface area contributed by atoms with E-state index in [1.165, 1.54) is 29.7 Å². The molecule has 0 saturated carbocycles. The van der Waals surface area contributed by atoms with E-state index < -0.39 is 0 Å². The molecule has 0 aromatic carbocycles. The van der Waals surface area contributed by atoms with E-state index in [9.17, 15) is 0 Å². The molecule has 1 atom stereocenters. The van der Waals surface area contributed by atoms with Gasteiger partial charge in [-0.1, -0.05) is 6.92 Å². The van der Waals surface area contributed by atoms with Gasteiger partial charge in [0.1, 0.15) is 0 Å². The highest BCUT2D eigenvalue weighted by atomic mass is 79.9. The highest BCUT2D eigenvalue weighted by Gasteiger charge is 2.20. The van der Waals surface area contributed by atoms with Crippen LogP contribution in [0.2, 0.25) is 0 Å². The van der Waals surface area contributed by atoms with Gasteiger partial charge in [0.2, 0.25) is 0 Å². The first-order valence-corrected chi connectivity index (χ1v) is 8.81. The van der Waals surface area contributed by atoms with Crippen molar-refractivity contribution in [3.63, 3.8) is 0 Å². The Morgan fingerprint density at radius 2 is 2.25 bits per heavy atom. The second kappa shape index (κ2) is 6.37. The Kier molecular flexibility index (Phi) is 4.54. The standard InChI is InChI=1S/C16H19BrN2S/c1-2-19-14(7-11-6-13(17)10-18-9-11)16-8-12-4-3-5-15(12)20-16/h6,8-10,14,19H,2-5,7H2,1H3. The van der Waals surface area contributed by atoms with Gasteiger partial charge in [-0.15, -0.1) is 11.3 Å². The molecule has 1 aliphatic rings. The molecule has 0 amide bonds. The van der Waals surface area contributed by atoms with Gasteiger partial charge in [0.05, 0.1) is 0 Å². The lowest BCUT2D eigenvalue weighted by molar-refractivity contribution is 0.557. The Labute approximate surface area is 132 Å². The minimum Gasteiger partial charge on any atom is -0.309 e. The van der Waals surface area contributed by atoms with E-state index in [1.54, 1.807) is 10.4 Å². The Hall–Kier alpha value is -0.710. The Bertz CT molecular complexity index is 572. The summed E-state index contributed by atoms with van der Waals surface area (Å²) in [6.07, 6.45) is 8.69. The summed E-state index contributed by atoms with van der Waals surface area (Å²) in [4.78, 5) is 7.36. The number of likely N-dealkylation sites (N-methyl/N-ethyl adjacent to an activating group) is 1. The predicted octanol–water partition coefficient (Wildman–Crippen LogP) is 4.29. The van der Waals surface area contributed by atoms with Crippen molar-refractivity contribution in [1.29, 1.82) is 0 Å². The van der Waals surface area contributed by atoms with Crippen LogP contribution in [0.1, 0.15) is 40.3 Å². The van der Waals surface area contributed by atoms with Gasteiger partial charge in [0.25, 0.3) is 0 Å². The number of rotatable bonds is 5. The minimum absolute atomic E-state index is 0.409. The number of nitrogens with one attached hydrogen (secondary N) is 1. The molecule has 2 heterocycles. The summed E-state index contributed by atoms with van der Waals surface area (Å²) >= 11 is 5.50. The van der Waals surface area contributed by atoms with Crippen LogP contribution in [0.25, 0.3) is 0 Å². The van der Waals surface area contributed by atoms with Gasteiger partial charge in [-0.25, -0.2) is 0 Å². The van der Waals surface area contributed by atoms with Crippen LogP contribution in [-0.4, -0.2) is 11.5 Å². The van der Waals surface area contributed by atoms with Crippen LogP contribution in [0.3, 0.4) is 0 Å². The zero-order chi connectivity index (χ0) is 13.9. The highest BCUT2D eigenvalue weighted by Crippen LogP contribution is 2.34. The number of fused-ring (bicyclic) bond motifs is 1. The van der Waals surface area contributed by atoms with Gasteiger partial charge in [-0.3, -0.25) is 4.98 Å². The lowest BCUT2D eigenvalue weighted by Crippen LogP contribution is -2.22. The number of aromatic nitrogens is 1. The van der Waals surface area contributed by atoms with Crippen molar-refractivity contribution >= 4 is 27.3 Å². The van der Waals surface area contributed by atoms with Gasteiger partial charge in [-0.05, 0) is 71.4 Å². The molecule has 4 heteroatoms. The summed E-state index contributed by atoms with van der Waals surface area (Å²) in [5.41, 5.74) is 2.86. The average Bonchev–Trinajstić information content (AvgIpc) is 2.99. The molecule has 0 radical (unpaired) electrons. The van der Waals surface area contributed by atoms with Gasteiger partial charge in [0, 0.05) is 32.7 Å². The number of pyridine rings is 1. The molecular weight excluding hydrogens is 332 g/mol. The summed E-state index contributed by atoms with van der Waals surface area (Å²) in [5, 5.41) is 3.62.